The van der Waals surface area contributed by atoms with Gasteiger partial charge in [-0.05, 0) is 31.2 Å². The molecular weight excluding hydrogens is 302 g/mol. The summed E-state index contributed by atoms with van der Waals surface area (Å²) < 4.78 is 5.23. The van der Waals surface area contributed by atoms with Crippen LogP contribution < -0.4 is 15.0 Å². The summed E-state index contributed by atoms with van der Waals surface area (Å²) in [4.78, 5) is 6.58. The van der Waals surface area contributed by atoms with Crippen molar-refractivity contribution in [3.63, 3.8) is 0 Å². The molecule has 0 spiro atoms. The van der Waals surface area contributed by atoms with Gasteiger partial charge in [0, 0.05) is 24.0 Å². The lowest BCUT2D eigenvalue weighted by molar-refractivity contribution is 0.415. The maximum atomic E-state index is 5.23. The molecule has 0 unspecified atom stereocenters. The fourth-order valence-electron chi connectivity index (χ4n) is 2.36. The van der Waals surface area contributed by atoms with Gasteiger partial charge >= 0.3 is 0 Å². The van der Waals surface area contributed by atoms with E-state index in [0.29, 0.717) is 11.8 Å². The summed E-state index contributed by atoms with van der Waals surface area (Å²) >= 11 is 0. The molecule has 0 amide bonds. The Labute approximate surface area is 141 Å². The lowest BCUT2D eigenvalue weighted by Crippen LogP contribution is -2.19. The maximum Gasteiger partial charge on any atom is 0.251 e. The highest BCUT2D eigenvalue weighted by atomic mass is 16.5. The summed E-state index contributed by atoms with van der Waals surface area (Å²) in [5.74, 6) is 1.96. The van der Waals surface area contributed by atoms with Crippen molar-refractivity contribution in [1.29, 1.82) is 0 Å². The van der Waals surface area contributed by atoms with Crippen LogP contribution in [0.1, 0.15) is 6.92 Å². The molecule has 0 saturated heterocycles. The standard InChI is InChI=1S/C18H19N5O/c1-3-23(15-9-5-4-6-10-15)18-21-17(13-19-22-18)20-14-8-7-11-16(12-14)24-2/h4-13H,3H2,1-2H3,(H,20,21,22). The highest BCUT2D eigenvalue weighted by molar-refractivity contribution is 5.61. The second kappa shape index (κ2) is 7.41. The first-order chi connectivity index (χ1) is 11.8. The van der Waals surface area contributed by atoms with Crippen LogP contribution in [0.15, 0.2) is 60.8 Å². The molecule has 0 aliphatic rings. The van der Waals surface area contributed by atoms with Gasteiger partial charge < -0.3 is 15.0 Å². The molecule has 1 N–H and O–H groups in total. The largest absolute Gasteiger partial charge is 0.497 e. The zero-order chi connectivity index (χ0) is 16.8. The minimum Gasteiger partial charge on any atom is -0.497 e. The van der Waals surface area contributed by atoms with Gasteiger partial charge in [-0.15, -0.1) is 5.10 Å². The van der Waals surface area contributed by atoms with Crippen molar-refractivity contribution in [3.05, 3.63) is 60.8 Å². The molecule has 122 valence electrons. The number of methoxy groups -OCH3 is 1. The van der Waals surface area contributed by atoms with Gasteiger partial charge in [0.2, 0.25) is 0 Å². The van der Waals surface area contributed by atoms with Crippen molar-refractivity contribution in [1.82, 2.24) is 15.2 Å². The second-order valence-corrected chi connectivity index (χ2v) is 5.08. The van der Waals surface area contributed by atoms with Crippen LogP contribution in [0.3, 0.4) is 0 Å². The van der Waals surface area contributed by atoms with E-state index < -0.39 is 0 Å². The molecule has 3 rings (SSSR count). The Balaban J connectivity index is 1.85. The number of rotatable bonds is 6. The van der Waals surface area contributed by atoms with Crippen molar-refractivity contribution < 1.29 is 4.74 Å². The normalized spacial score (nSPS) is 10.2. The molecule has 0 radical (unpaired) electrons. The first-order valence-corrected chi connectivity index (χ1v) is 7.73. The van der Waals surface area contributed by atoms with Gasteiger partial charge in [-0.2, -0.15) is 10.1 Å². The average molecular weight is 321 g/mol. The lowest BCUT2D eigenvalue weighted by atomic mass is 10.3. The molecule has 1 heterocycles. The van der Waals surface area contributed by atoms with Crippen molar-refractivity contribution in [2.24, 2.45) is 0 Å². The van der Waals surface area contributed by atoms with E-state index in [1.807, 2.05) is 59.5 Å². The van der Waals surface area contributed by atoms with Gasteiger partial charge in [0.1, 0.15) is 5.75 Å². The third-order valence-electron chi connectivity index (χ3n) is 3.52. The lowest BCUT2D eigenvalue weighted by Gasteiger charge is -2.20. The number of benzene rings is 2. The van der Waals surface area contributed by atoms with Gasteiger partial charge in [-0.3, -0.25) is 0 Å². The topological polar surface area (TPSA) is 63.2 Å². The van der Waals surface area contributed by atoms with Crippen LogP contribution in [0.5, 0.6) is 5.75 Å². The molecule has 0 aliphatic heterocycles. The predicted octanol–water partition coefficient (Wildman–Crippen LogP) is 3.78. The zero-order valence-corrected chi connectivity index (χ0v) is 13.7. The van der Waals surface area contributed by atoms with Crippen LogP contribution in [0.25, 0.3) is 0 Å². The van der Waals surface area contributed by atoms with Crippen molar-refractivity contribution in [2.45, 2.75) is 6.92 Å². The highest BCUT2D eigenvalue weighted by Crippen LogP contribution is 2.23. The number of nitrogens with zero attached hydrogens (tertiary/aromatic N) is 4. The Kier molecular flexibility index (Phi) is 4.86. The molecule has 6 nitrogen and oxygen atoms in total. The van der Waals surface area contributed by atoms with E-state index in [1.165, 1.54) is 0 Å². The molecule has 0 atom stereocenters. The summed E-state index contributed by atoms with van der Waals surface area (Å²) in [6.45, 7) is 2.80. The van der Waals surface area contributed by atoms with Crippen molar-refractivity contribution in [2.75, 3.05) is 23.9 Å². The maximum absolute atomic E-state index is 5.23. The summed E-state index contributed by atoms with van der Waals surface area (Å²) in [6, 6.07) is 17.7. The molecule has 0 bridgehead atoms. The van der Waals surface area contributed by atoms with Crippen LogP contribution >= 0.6 is 0 Å². The van der Waals surface area contributed by atoms with Crippen molar-refractivity contribution in [3.8, 4) is 5.75 Å². The van der Waals surface area contributed by atoms with Crippen LogP contribution in [0.2, 0.25) is 0 Å². The molecule has 0 fully saturated rings. The quantitative estimate of drug-likeness (QED) is 0.745. The van der Waals surface area contributed by atoms with Gasteiger partial charge in [-0.25, -0.2) is 0 Å². The number of hydrogen-bond donors (Lipinski definition) is 1. The van der Waals surface area contributed by atoms with Crippen molar-refractivity contribution >= 4 is 23.1 Å². The van der Waals surface area contributed by atoms with Gasteiger partial charge in [-0.1, -0.05) is 24.3 Å². The fourth-order valence-corrected chi connectivity index (χ4v) is 2.36. The van der Waals surface area contributed by atoms with E-state index in [9.17, 15) is 0 Å². The number of anilines is 4. The van der Waals surface area contributed by atoms with E-state index in [1.54, 1.807) is 13.3 Å². The Hall–Kier alpha value is -3.15. The predicted molar refractivity (Wildman–Crippen MR) is 95.2 cm³/mol. The summed E-state index contributed by atoms with van der Waals surface area (Å²) in [6.07, 6.45) is 1.60. The number of nitrogens with one attached hydrogen (secondary N) is 1. The molecule has 0 aliphatic carbocycles. The Morgan fingerprint density at radius 2 is 1.92 bits per heavy atom. The summed E-state index contributed by atoms with van der Waals surface area (Å²) in [5, 5.41) is 11.5. The first kappa shape index (κ1) is 15.7. The van der Waals surface area contributed by atoms with Crippen LogP contribution in [0.4, 0.5) is 23.1 Å². The van der Waals surface area contributed by atoms with E-state index in [-0.39, 0.29) is 0 Å². The average Bonchev–Trinajstić information content (AvgIpc) is 2.64. The van der Waals surface area contributed by atoms with Crippen LogP contribution in [-0.4, -0.2) is 28.8 Å². The molecular formula is C18H19N5O. The molecule has 2 aromatic carbocycles. The van der Waals surface area contributed by atoms with Gasteiger partial charge in [0.05, 0.1) is 13.3 Å². The number of aromatic nitrogens is 3. The molecule has 6 heteroatoms. The van der Waals surface area contributed by atoms with E-state index in [2.05, 4.69) is 27.4 Å². The van der Waals surface area contributed by atoms with E-state index in [0.717, 1.165) is 23.7 Å². The van der Waals surface area contributed by atoms with Gasteiger partial charge in [0.25, 0.3) is 5.95 Å². The summed E-state index contributed by atoms with van der Waals surface area (Å²) in [5.41, 5.74) is 1.91. The third-order valence-corrected chi connectivity index (χ3v) is 3.52. The monoisotopic (exact) mass is 321 g/mol. The highest BCUT2D eigenvalue weighted by Gasteiger charge is 2.11. The third kappa shape index (κ3) is 3.60. The zero-order valence-electron chi connectivity index (χ0n) is 13.7. The van der Waals surface area contributed by atoms with Crippen LogP contribution in [-0.2, 0) is 0 Å². The van der Waals surface area contributed by atoms with E-state index >= 15 is 0 Å². The molecule has 0 saturated carbocycles. The smallest absolute Gasteiger partial charge is 0.251 e. The Morgan fingerprint density at radius 1 is 1.08 bits per heavy atom. The summed E-state index contributed by atoms with van der Waals surface area (Å²) in [7, 11) is 1.64. The van der Waals surface area contributed by atoms with Gasteiger partial charge in [0.15, 0.2) is 5.82 Å². The molecule has 24 heavy (non-hydrogen) atoms. The molecule has 1 aromatic heterocycles. The second-order valence-electron chi connectivity index (χ2n) is 5.08. The minimum atomic E-state index is 0.552. The number of hydrogen-bond acceptors (Lipinski definition) is 6. The van der Waals surface area contributed by atoms with E-state index in [4.69, 9.17) is 4.74 Å². The fraction of sp³-hybridized carbons (Fsp3) is 0.167. The minimum absolute atomic E-state index is 0.552. The number of para-hydroxylation sites is 1. The SMILES string of the molecule is CCN(c1ccccc1)c1nncc(Nc2cccc(OC)c2)n1. The van der Waals surface area contributed by atoms with Crippen LogP contribution in [0, 0.1) is 0 Å². The number of ether oxygens (including phenoxy) is 1. The molecule has 3 aromatic rings. The Morgan fingerprint density at radius 3 is 2.67 bits per heavy atom. The first-order valence-electron chi connectivity index (χ1n) is 7.73. The Bertz CT molecular complexity index is 794.